The number of aromatic nitrogens is 1. The summed E-state index contributed by atoms with van der Waals surface area (Å²) >= 11 is 0. The van der Waals surface area contributed by atoms with Crippen LogP contribution in [0.15, 0.2) is 12.3 Å². The van der Waals surface area contributed by atoms with E-state index in [9.17, 15) is 9.90 Å². The zero-order valence-corrected chi connectivity index (χ0v) is 11.4. The zero-order valence-electron chi connectivity index (χ0n) is 11.4. The second kappa shape index (κ2) is 4.21. The first-order chi connectivity index (χ1) is 8.64. The van der Waals surface area contributed by atoms with E-state index in [1.165, 1.54) is 12.3 Å². The lowest BCUT2D eigenvalue weighted by Gasteiger charge is -2.32. The number of primary amides is 1. The van der Waals surface area contributed by atoms with Gasteiger partial charge in [-0.2, -0.15) is 0 Å². The topological polar surface area (TPSA) is 94.7 Å². The maximum atomic E-state index is 11.0. The number of nitrogens with zero attached hydrogens (tertiary/aromatic N) is 1. The van der Waals surface area contributed by atoms with Crippen molar-refractivity contribution in [3.05, 3.63) is 18.0 Å². The van der Waals surface area contributed by atoms with E-state index in [1.807, 2.05) is 27.7 Å². The largest absolute Gasteiger partial charge is 0.505 e. The van der Waals surface area contributed by atoms with Gasteiger partial charge in [-0.3, -0.25) is 4.79 Å². The summed E-state index contributed by atoms with van der Waals surface area (Å²) in [6.07, 6.45) is 1.42. The molecule has 0 spiro atoms. The fraction of sp³-hybridized carbons (Fsp3) is 0.500. The Balaban J connectivity index is 2.31. The molecule has 1 aromatic heterocycles. The first-order valence-corrected chi connectivity index (χ1v) is 5.98. The smallest absolute Gasteiger partial charge is 0.496 e. The van der Waals surface area contributed by atoms with Crippen molar-refractivity contribution in [3.63, 3.8) is 0 Å². The maximum absolute atomic E-state index is 11.0. The van der Waals surface area contributed by atoms with Gasteiger partial charge < -0.3 is 20.1 Å². The highest BCUT2D eigenvalue weighted by molar-refractivity contribution is 6.62. The second-order valence-electron chi connectivity index (χ2n) is 5.59. The molecule has 1 aromatic rings. The van der Waals surface area contributed by atoms with Crippen LogP contribution in [0.1, 0.15) is 38.2 Å². The molecule has 7 heteroatoms. The zero-order chi connectivity index (χ0) is 14.4. The predicted octanol–water partition coefficient (Wildman–Crippen LogP) is 0.185. The highest BCUT2D eigenvalue weighted by Crippen LogP contribution is 2.36. The predicted molar refractivity (Wildman–Crippen MR) is 70.1 cm³/mol. The van der Waals surface area contributed by atoms with E-state index in [-0.39, 0.29) is 11.4 Å². The first kappa shape index (κ1) is 13.8. The van der Waals surface area contributed by atoms with Gasteiger partial charge in [-0.15, -0.1) is 0 Å². The molecule has 102 valence electrons. The van der Waals surface area contributed by atoms with Crippen LogP contribution >= 0.6 is 0 Å². The van der Waals surface area contributed by atoms with Gasteiger partial charge in [0, 0.05) is 11.7 Å². The third-order valence-electron chi connectivity index (χ3n) is 3.65. The molecule has 0 aromatic carbocycles. The summed E-state index contributed by atoms with van der Waals surface area (Å²) in [5.74, 6) is -1.06. The molecule has 1 fully saturated rings. The molecule has 2 heterocycles. The van der Waals surface area contributed by atoms with E-state index < -0.39 is 24.2 Å². The maximum Gasteiger partial charge on any atom is 0.496 e. The number of hydrogen-bond donors (Lipinski definition) is 2. The van der Waals surface area contributed by atoms with Crippen LogP contribution in [0, 0.1) is 0 Å². The Bertz CT molecular complexity index is 514. The first-order valence-electron chi connectivity index (χ1n) is 5.98. The fourth-order valence-electron chi connectivity index (χ4n) is 1.77. The number of rotatable bonds is 2. The molecule has 3 N–H and O–H groups in total. The van der Waals surface area contributed by atoms with Crippen LogP contribution in [-0.2, 0) is 9.31 Å². The van der Waals surface area contributed by atoms with E-state index in [4.69, 9.17) is 15.0 Å². The highest BCUT2D eigenvalue weighted by Gasteiger charge is 2.51. The summed E-state index contributed by atoms with van der Waals surface area (Å²) < 4.78 is 11.6. The summed E-state index contributed by atoms with van der Waals surface area (Å²) in [5.41, 5.74) is 4.50. The van der Waals surface area contributed by atoms with E-state index in [0.717, 1.165) is 0 Å². The van der Waals surface area contributed by atoms with Gasteiger partial charge in [0.25, 0.3) is 5.91 Å². The van der Waals surface area contributed by atoms with Gasteiger partial charge in [-0.25, -0.2) is 4.98 Å². The van der Waals surface area contributed by atoms with Crippen LogP contribution in [0.25, 0.3) is 0 Å². The van der Waals surface area contributed by atoms with Crippen LogP contribution in [0.2, 0.25) is 0 Å². The van der Waals surface area contributed by atoms with Gasteiger partial charge in [-0.1, -0.05) is 0 Å². The van der Waals surface area contributed by atoms with Crippen molar-refractivity contribution in [1.29, 1.82) is 0 Å². The highest BCUT2D eigenvalue weighted by atomic mass is 16.7. The van der Waals surface area contributed by atoms with Crippen molar-refractivity contribution >= 4 is 18.5 Å². The molecule has 0 aliphatic carbocycles. The lowest BCUT2D eigenvalue weighted by Crippen LogP contribution is -2.41. The van der Waals surface area contributed by atoms with E-state index >= 15 is 0 Å². The molecule has 1 amide bonds. The van der Waals surface area contributed by atoms with Crippen LogP contribution in [0.4, 0.5) is 0 Å². The number of carbonyl (C=O) groups is 1. The summed E-state index contributed by atoms with van der Waals surface area (Å²) in [4.78, 5) is 14.8. The number of nitrogens with two attached hydrogens (primary N) is 1. The lowest BCUT2D eigenvalue weighted by atomic mass is 9.80. The number of pyridine rings is 1. The number of hydrogen-bond acceptors (Lipinski definition) is 5. The third-order valence-corrected chi connectivity index (χ3v) is 3.65. The Kier molecular flexibility index (Phi) is 3.06. The van der Waals surface area contributed by atoms with Gasteiger partial charge in [-0.05, 0) is 33.8 Å². The van der Waals surface area contributed by atoms with Crippen LogP contribution in [-0.4, -0.2) is 34.3 Å². The molecule has 1 saturated heterocycles. The van der Waals surface area contributed by atoms with Crippen molar-refractivity contribution in [2.75, 3.05) is 0 Å². The molecule has 19 heavy (non-hydrogen) atoms. The Labute approximate surface area is 112 Å². The van der Waals surface area contributed by atoms with Crippen LogP contribution < -0.4 is 11.2 Å². The van der Waals surface area contributed by atoms with E-state index in [1.54, 1.807) is 0 Å². The third kappa shape index (κ3) is 2.31. The number of carbonyl (C=O) groups excluding carboxylic acids is 1. The minimum atomic E-state index is -0.780. The van der Waals surface area contributed by atoms with E-state index in [0.29, 0.717) is 5.46 Å². The summed E-state index contributed by atoms with van der Waals surface area (Å²) in [7, 11) is -0.634. The van der Waals surface area contributed by atoms with Crippen molar-refractivity contribution in [3.8, 4) is 5.75 Å². The van der Waals surface area contributed by atoms with Crippen molar-refractivity contribution < 1.29 is 19.2 Å². The molecule has 2 rings (SSSR count). The van der Waals surface area contributed by atoms with E-state index in [2.05, 4.69) is 4.98 Å². The molecule has 0 bridgehead atoms. The summed E-state index contributed by atoms with van der Waals surface area (Å²) in [5, 5.41) is 9.71. The molecule has 0 unspecified atom stereocenters. The standard InChI is InChI=1S/C12H17BN2O4/c1-11(2)12(3,4)19-13(18-11)7-5-8(16)9(10(14)17)15-6-7/h5-6,16H,1-4H3,(H2,14,17). The second-order valence-corrected chi connectivity index (χ2v) is 5.59. The quantitative estimate of drug-likeness (QED) is 0.743. The van der Waals surface area contributed by atoms with Crippen molar-refractivity contribution in [2.45, 2.75) is 38.9 Å². The Morgan fingerprint density at radius 1 is 1.32 bits per heavy atom. The molecule has 1 aliphatic heterocycles. The number of aromatic hydroxyl groups is 1. The Morgan fingerprint density at radius 3 is 2.26 bits per heavy atom. The normalized spacial score (nSPS) is 20.5. The van der Waals surface area contributed by atoms with Gasteiger partial charge in [0.05, 0.1) is 11.2 Å². The van der Waals surface area contributed by atoms with Crippen molar-refractivity contribution in [1.82, 2.24) is 4.98 Å². The number of amides is 1. The summed E-state index contributed by atoms with van der Waals surface area (Å²) in [6.45, 7) is 7.71. The molecule has 0 saturated carbocycles. The minimum Gasteiger partial charge on any atom is -0.505 e. The minimum absolute atomic E-state index is 0.166. The van der Waals surface area contributed by atoms with Crippen LogP contribution in [0.5, 0.6) is 5.75 Å². The Morgan fingerprint density at radius 2 is 1.84 bits per heavy atom. The SMILES string of the molecule is CC1(C)OB(c2cnc(C(N)=O)c(O)c2)OC1(C)C. The molecule has 0 radical (unpaired) electrons. The average molecular weight is 264 g/mol. The average Bonchev–Trinajstić information content (AvgIpc) is 2.47. The molecule has 0 atom stereocenters. The lowest BCUT2D eigenvalue weighted by molar-refractivity contribution is 0.00578. The molecular formula is C12H17BN2O4. The molecule has 6 nitrogen and oxygen atoms in total. The van der Waals surface area contributed by atoms with Gasteiger partial charge in [0.1, 0.15) is 5.75 Å². The molecule has 1 aliphatic rings. The summed E-state index contributed by atoms with van der Waals surface area (Å²) in [6, 6.07) is 1.38. The monoisotopic (exact) mass is 264 g/mol. The Hall–Kier alpha value is -1.60. The van der Waals surface area contributed by atoms with Gasteiger partial charge in [0.2, 0.25) is 0 Å². The fourth-order valence-corrected chi connectivity index (χ4v) is 1.77. The molecular weight excluding hydrogens is 247 g/mol. The van der Waals surface area contributed by atoms with Crippen molar-refractivity contribution in [2.24, 2.45) is 5.73 Å². The van der Waals surface area contributed by atoms with Gasteiger partial charge in [0.15, 0.2) is 5.69 Å². The van der Waals surface area contributed by atoms with Gasteiger partial charge >= 0.3 is 7.12 Å². The van der Waals surface area contributed by atoms with Crippen LogP contribution in [0.3, 0.4) is 0 Å².